The molecule has 0 aliphatic carbocycles. The van der Waals surface area contributed by atoms with Crippen molar-refractivity contribution in [3.05, 3.63) is 86.5 Å². The van der Waals surface area contributed by atoms with E-state index in [1.54, 1.807) is 45.4 Å². The van der Waals surface area contributed by atoms with E-state index in [-0.39, 0.29) is 24.5 Å². The molecule has 0 bridgehead atoms. The minimum Gasteiger partial charge on any atom is -0.493 e. The van der Waals surface area contributed by atoms with E-state index < -0.39 is 0 Å². The average Bonchev–Trinajstić information content (AvgIpc) is 2.91. The first-order valence-corrected chi connectivity index (χ1v) is 12.7. The van der Waals surface area contributed by atoms with Crippen LogP contribution in [0.5, 0.6) is 17.2 Å². The highest BCUT2D eigenvalue weighted by Crippen LogP contribution is 2.39. The Labute approximate surface area is 224 Å². The van der Waals surface area contributed by atoms with E-state index >= 15 is 0 Å². The van der Waals surface area contributed by atoms with Crippen molar-refractivity contribution in [2.75, 3.05) is 34.0 Å². The molecule has 0 spiro atoms. The number of rotatable bonds is 8. The van der Waals surface area contributed by atoms with E-state index in [1.807, 2.05) is 41.3 Å². The van der Waals surface area contributed by atoms with Gasteiger partial charge in [-0.25, -0.2) is 4.79 Å². The molecular weight excluding hydrogens is 573 g/mol. The molecule has 0 radical (unpaired) electrons. The third kappa shape index (κ3) is 5.43. The molecule has 1 aliphatic heterocycles. The zero-order valence-corrected chi connectivity index (χ0v) is 22.6. The maximum Gasteiger partial charge on any atom is 0.338 e. The number of carbonyl (C=O) groups excluding carboxylic acids is 2. The summed E-state index contributed by atoms with van der Waals surface area (Å²) >= 11 is 2.19. The molecule has 7 nitrogen and oxygen atoms in total. The minimum absolute atomic E-state index is 0.0494. The molecular formula is C28H28INO6. The number of hydrogen-bond acceptors (Lipinski definition) is 6. The van der Waals surface area contributed by atoms with Crippen molar-refractivity contribution in [3.8, 4) is 17.2 Å². The number of esters is 1. The summed E-state index contributed by atoms with van der Waals surface area (Å²) in [5, 5.41) is 0. The van der Waals surface area contributed by atoms with Crippen LogP contribution in [0.4, 0.5) is 0 Å². The highest BCUT2D eigenvalue weighted by atomic mass is 127. The van der Waals surface area contributed by atoms with Gasteiger partial charge in [-0.05, 0) is 95.6 Å². The lowest BCUT2D eigenvalue weighted by molar-refractivity contribution is 0.0524. The summed E-state index contributed by atoms with van der Waals surface area (Å²) in [7, 11) is 3.21. The van der Waals surface area contributed by atoms with E-state index in [0.29, 0.717) is 47.9 Å². The Bertz CT molecular complexity index is 1240. The second kappa shape index (κ2) is 11.6. The van der Waals surface area contributed by atoms with Crippen molar-refractivity contribution < 1.29 is 28.5 Å². The van der Waals surface area contributed by atoms with Gasteiger partial charge in [-0.2, -0.15) is 0 Å². The minimum atomic E-state index is -0.375. The van der Waals surface area contributed by atoms with Gasteiger partial charge in [0.2, 0.25) is 0 Å². The van der Waals surface area contributed by atoms with E-state index in [9.17, 15) is 9.59 Å². The Balaban J connectivity index is 1.65. The topological polar surface area (TPSA) is 74.3 Å². The Morgan fingerprint density at radius 2 is 1.69 bits per heavy atom. The van der Waals surface area contributed by atoms with Gasteiger partial charge in [0.15, 0.2) is 11.5 Å². The lowest BCUT2D eigenvalue weighted by Crippen LogP contribution is -2.42. The summed E-state index contributed by atoms with van der Waals surface area (Å²) < 4.78 is 23.2. The SMILES string of the molecule is CCOC(=O)c1ccc(OCC2c3cc(OC)c(OC)cc3CCN2C(=O)c2ccccc2I)cc1. The quantitative estimate of drug-likeness (QED) is 0.258. The fourth-order valence-electron chi connectivity index (χ4n) is 4.32. The zero-order chi connectivity index (χ0) is 25.7. The van der Waals surface area contributed by atoms with Crippen LogP contribution in [0, 0.1) is 3.57 Å². The Morgan fingerprint density at radius 3 is 2.36 bits per heavy atom. The molecule has 1 aliphatic rings. The maximum atomic E-state index is 13.7. The van der Waals surface area contributed by atoms with E-state index in [1.165, 1.54) is 0 Å². The summed E-state index contributed by atoms with van der Waals surface area (Å²) in [5.74, 6) is 1.43. The summed E-state index contributed by atoms with van der Waals surface area (Å²) in [4.78, 5) is 27.5. The van der Waals surface area contributed by atoms with Crippen LogP contribution in [-0.4, -0.2) is 50.8 Å². The molecule has 0 aromatic heterocycles. The van der Waals surface area contributed by atoms with Crippen molar-refractivity contribution in [2.24, 2.45) is 0 Å². The van der Waals surface area contributed by atoms with Crippen LogP contribution < -0.4 is 14.2 Å². The third-order valence-electron chi connectivity index (χ3n) is 6.14. The van der Waals surface area contributed by atoms with Crippen molar-refractivity contribution in [2.45, 2.75) is 19.4 Å². The fourth-order valence-corrected chi connectivity index (χ4v) is 4.94. The molecule has 36 heavy (non-hydrogen) atoms. The Hall–Kier alpha value is -3.27. The predicted octanol–water partition coefficient (Wildman–Crippen LogP) is 5.30. The highest BCUT2D eigenvalue weighted by molar-refractivity contribution is 14.1. The molecule has 0 N–H and O–H groups in total. The molecule has 1 heterocycles. The van der Waals surface area contributed by atoms with Gasteiger partial charge in [-0.1, -0.05) is 12.1 Å². The molecule has 4 rings (SSSR count). The van der Waals surface area contributed by atoms with Gasteiger partial charge < -0.3 is 23.8 Å². The number of hydrogen-bond donors (Lipinski definition) is 0. The van der Waals surface area contributed by atoms with Crippen LogP contribution in [0.15, 0.2) is 60.7 Å². The van der Waals surface area contributed by atoms with Gasteiger partial charge in [0.25, 0.3) is 5.91 Å². The van der Waals surface area contributed by atoms with Crippen LogP contribution >= 0.6 is 22.6 Å². The second-order valence-electron chi connectivity index (χ2n) is 8.21. The summed E-state index contributed by atoms with van der Waals surface area (Å²) in [6.45, 7) is 2.86. The van der Waals surface area contributed by atoms with Gasteiger partial charge >= 0.3 is 5.97 Å². The average molecular weight is 601 g/mol. The summed E-state index contributed by atoms with van der Waals surface area (Å²) in [5.41, 5.74) is 3.16. The monoisotopic (exact) mass is 601 g/mol. The van der Waals surface area contributed by atoms with E-state index in [4.69, 9.17) is 18.9 Å². The molecule has 0 saturated heterocycles. The molecule has 1 unspecified atom stereocenters. The Morgan fingerprint density at radius 1 is 1.00 bits per heavy atom. The highest BCUT2D eigenvalue weighted by Gasteiger charge is 2.34. The van der Waals surface area contributed by atoms with Crippen molar-refractivity contribution >= 4 is 34.5 Å². The first kappa shape index (κ1) is 25.8. The van der Waals surface area contributed by atoms with Crippen LogP contribution in [0.2, 0.25) is 0 Å². The Kier molecular flexibility index (Phi) is 8.35. The normalized spacial score (nSPS) is 14.6. The van der Waals surface area contributed by atoms with Crippen LogP contribution in [0.25, 0.3) is 0 Å². The molecule has 0 saturated carbocycles. The number of fused-ring (bicyclic) bond motifs is 1. The fraction of sp³-hybridized carbons (Fsp3) is 0.286. The maximum absolute atomic E-state index is 13.7. The molecule has 3 aromatic carbocycles. The number of ether oxygens (including phenoxy) is 4. The number of amides is 1. The zero-order valence-electron chi connectivity index (χ0n) is 20.5. The lowest BCUT2D eigenvalue weighted by atomic mass is 9.91. The molecule has 3 aromatic rings. The van der Waals surface area contributed by atoms with Crippen molar-refractivity contribution in [1.82, 2.24) is 4.90 Å². The van der Waals surface area contributed by atoms with Crippen LogP contribution in [0.1, 0.15) is 44.8 Å². The summed E-state index contributed by atoms with van der Waals surface area (Å²) in [6.07, 6.45) is 0.690. The van der Waals surface area contributed by atoms with E-state index in [2.05, 4.69) is 22.6 Å². The van der Waals surface area contributed by atoms with Crippen LogP contribution in [-0.2, 0) is 11.2 Å². The molecule has 188 valence electrons. The van der Waals surface area contributed by atoms with Gasteiger partial charge in [-0.15, -0.1) is 0 Å². The molecule has 8 heteroatoms. The number of methoxy groups -OCH3 is 2. The van der Waals surface area contributed by atoms with Gasteiger partial charge in [0, 0.05) is 10.1 Å². The van der Waals surface area contributed by atoms with Gasteiger partial charge in [0.1, 0.15) is 12.4 Å². The number of nitrogens with zero attached hydrogens (tertiary/aromatic N) is 1. The predicted molar refractivity (Wildman–Crippen MR) is 144 cm³/mol. The molecule has 1 atom stereocenters. The smallest absolute Gasteiger partial charge is 0.338 e. The summed E-state index contributed by atoms with van der Waals surface area (Å²) in [6, 6.07) is 17.9. The van der Waals surface area contributed by atoms with Crippen LogP contribution in [0.3, 0.4) is 0 Å². The van der Waals surface area contributed by atoms with Gasteiger partial charge in [0.05, 0.1) is 38.0 Å². The van der Waals surface area contributed by atoms with Crippen molar-refractivity contribution in [3.63, 3.8) is 0 Å². The second-order valence-corrected chi connectivity index (χ2v) is 9.37. The largest absolute Gasteiger partial charge is 0.493 e. The number of benzene rings is 3. The number of halogens is 1. The third-order valence-corrected chi connectivity index (χ3v) is 7.08. The van der Waals surface area contributed by atoms with E-state index in [0.717, 1.165) is 14.7 Å². The van der Waals surface area contributed by atoms with Gasteiger partial charge in [-0.3, -0.25) is 4.79 Å². The van der Waals surface area contributed by atoms with Crippen molar-refractivity contribution in [1.29, 1.82) is 0 Å². The molecule has 1 amide bonds. The lowest BCUT2D eigenvalue weighted by Gasteiger charge is -2.38. The molecule has 0 fully saturated rings. The first-order valence-electron chi connectivity index (χ1n) is 11.7. The number of carbonyl (C=O) groups is 2. The first-order chi connectivity index (χ1) is 17.5. The standard InChI is InChI=1S/C28H28INO6/c1-4-35-28(32)18-9-11-20(12-10-18)36-17-24-22-16-26(34-3)25(33-2)15-19(22)13-14-30(24)27(31)21-7-5-6-8-23(21)29/h5-12,15-16,24H,4,13-14,17H2,1-3H3.